The Balaban J connectivity index is 0.000000295. The van der Waals surface area contributed by atoms with Gasteiger partial charge in [0.2, 0.25) is 0 Å². The van der Waals surface area contributed by atoms with E-state index in [1.54, 1.807) is 0 Å². The second-order valence-corrected chi connectivity index (χ2v) is 8.69. The van der Waals surface area contributed by atoms with E-state index in [2.05, 4.69) is 12.7 Å². The average molecular weight is 333 g/mol. The lowest BCUT2D eigenvalue weighted by Crippen LogP contribution is -2.50. The van der Waals surface area contributed by atoms with Gasteiger partial charge in [0.05, 0.1) is 22.4 Å². The minimum absolute atomic E-state index is 0.0248. The first-order valence-electron chi connectivity index (χ1n) is 8.37. The standard InChI is InChI=1S/C10H16O4S.C6H15N/c1-9(2)7-3-4-10(9,8(11)5-7)6-15(12,13)14;1-2-3-4-5-6-7/h7H,3-6H2,1-2H3,(H,12,13,14);2-7H2,1H3. The van der Waals surface area contributed by atoms with Crippen molar-refractivity contribution in [2.45, 2.75) is 65.7 Å². The summed E-state index contributed by atoms with van der Waals surface area (Å²) in [4.78, 5) is 11.8. The first kappa shape index (κ1) is 19.6. The number of hydrogen-bond acceptors (Lipinski definition) is 4. The minimum atomic E-state index is -4.33. The van der Waals surface area contributed by atoms with Crippen LogP contribution in [0.3, 0.4) is 0 Å². The molecule has 2 saturated carbocycles. The van der Waals surface area contributed by atoms with Gasteiger partial charge in [-0.25, -0.2) is 8.42 Å². The lowest BCUT2D eigenvalue weighted by Gasteiger charge is -2.37. The topological polar surface area (TPSA) is 102 Å². The molecule has 0 spiro atoms. The van der Waals surface area contributed by atoms with Crippen LogP contribution in [0.1, 0.15) is 65.7 Å². The van der Waals surface area contributed by atoms with Crippen LogP contribution in [0.2, 0.25) is 0 Å². The van der Waals surface area contributed by atoms with Gasteiger partial charge in [-0.3, -0.25) is 4.79 Å². The third-order valence-corrected chi connectivity index (χ3v) is 6.51. The number of rotatable bonds is 6. The number of Topliss-reactive ketones (excluding diaryl/α,β-unsaturated/α-hetero) is 1. The molecule has 0 saturated heterocycles. The van der Waals surface area contributed by atoms with Gasteiger partial charge in [0, 0.05) is 11.8 Å². The summed E-state index contributed by atoms with van der Waals surface area (Å²) in [7, 11) is -4.33. The highest BCUT2D eigenvalue weighted by molar-refractivity contribution is 7.85. The summed E-state index contributed by atoms with van der Waals surface area (Å²) >= 11 is 0. The molecule has 2 aliphatic carbocycles. The summed E-state index contributed by atoms with van der Waals surface area (Å²) < 4.78 is 32.7. The van der Waals surface area contributed by atoms with Crippen LogP contribution in [0.4, 0.5) is 0 Å². The van der Waals surface area contributed by atoms with E-state index in [-0.39, 0.29) is 17.1 Å². The molecule has 2 unspecified atom stereocenters. The number of unbranched alkanes of at least 4 members (excludes halogenated alkanes) is 3. The normalized spacial score (nSPS) is 29.3. The van der Waals surface area contributed by atoms with Crippen molar-refractivity contribution in [1.29, 1.82) is 0 Å². The molecule has 0 aromatic heterocycles. The molecule has 5 nitrogen and oxygen atoms in total. The van der Waals surface area contributed by atoms with Crippen LogP contribution in [-0.2, 0) is 14.9 Å². The van der Waals surface area contributed by atoms with Crippen LogP contribution in [0, 0.1) is 16.7 Å². The van der Waals surface area contributed by atoms with Gasteiger partial charge in [-0.2, -0.15) is 0 Å². The third kappa shape index (κ3) is 4.09. The molecule has 0 aromatic rings. The molecule has 2 rings (SSSR count). The highest BCUT2D eigenvalue weighted by atomic mass is 32.2. The maximum absolute atomic E-state index is 11.8. The summed E-state index contributed by atoms with van der Waals surface area (Å²) in [5.41, 5.74) is 2.54. The van der Waals surface area contributed by atoms with Gasteiger partial charge in [0.25, 0.3) is 0 Å². The van der Waals surface area contributed by atoms with E-state index in [1.165, 1.54) is 25.7 Å². The summed E-state index contributed by atoms with van der Waals surface area (Å²) in [6, 6.07) is 0. The zero-order valence-corrected chi connectivity index (χ0v) is 15.0. The van der Waals surface area contributed by atoms with Crippen LogP contribution in [-0.4, -0.2) is 31.1 Å². The Labute approximate surface area is 134 Å². The van der Waals surface area contributed by atoms with Crippen molar-refractivity contribution in [3.8, 4) is 0 Å². The molecule has 22 heavy (non-hydrogen) atoms. The molecule has 2 aliphatic rings. The quantitative estimate of drug-likeness (QED) is 0.590. The Morgan fingerprint density at radius 2 is 1.91 bits per heavy atom. The van der Waals surface area contributed by atoms with E-state index in [4.69, 9.17) is 0 Å². The highest BCUT2D eigenvalue weighted by Gasteiger charge is 2.64. The number of hydrogen-bond donors (Lipinski definition) is 1. The van der Waals surface area contributed by atoms with Gasteiger partial charge < -0.3 is 10.3 Å². The van der Waals surface area contributed by atoms with E-state index < -0.39 is 21.3 Å². The smallest absolute Gasteiger partial charge is 0.140 e. The second kappa shape index (κ2) is 7.41. The fourth-order valence-corrected chi connectivity index (χ4v) is 5.29. The maximum atomic E-state index is 11.8. The fraction of sp³-hybridized carbons (Fsp3) is 0.938. The van der Waals surface area contributed by atoms with Gasteiger partial charge in [-0.1, -0.05) is 33.6 Å². The Morgan fingerprint density at radius 3 is 2.27 bits per heavy atom. The molecular formula is C16H31NO4S. The Kier molecular flexibility index (Phi) is 6.59. The van der Waals surface area contributed by atoms with E-state index in [0.29, 0.717) is 12.8 Å². The van der Waals surface area contributed by atoms with Crippen molar-refractivity contribution in [2.24, 2.45) is 16.7 Å². The Hall–Kier alpha value is -0.460. The fourth-order valence-electron chi connectivity index (χ4n) is 4.01. The molecule has 0 aromatic carbocycles. The van der Waals surface area contributed by atoms with Crippen molar-refractivity contribution < 1.29 is 23.5 Å². The lowest BCUT2D eigenvalue weighted by atomic mass is 9.70. The minimum Gasteiger partial charge on any atom is -0.748 e. The number of quaternary nitrogens is 1. The largest absolute Gasteiger partial charge is 0.748 e. The SMILES string of the molecule is CC1(C)C2CCC1(CS(=O)(=O)[O-])C(=O)C2.CCCCCC[NH3+]. The number of fused-ring (bicyclic) bond motifs is 2. The lowest BCUT2D eigenvalue weighted by molar-refractivity contribution is -0.368. The second-order valence-electron chi connectivity index (χ2n) is 7.28. The van der Waals surface area contributed by atoms with Crippen molar-refractivity contribution >= 4 is 15.9 Å². The first-order chi connectivity index (χ1) is 10.1. The van der Waals surface area contributed by atoms with Gasteiger partial charge in [-0.05, 0) is 37.0 Å². The third-order valence-electron chi connectivity index (χ3n) is 5.67. The Bertz CT molecular complexity index is 482. The molecule has 3 N–H and O–H groups in total. The van der Waals surface area contributed by atoms with Crippen LogP contribution in [0.5, 0.6) is 0 Å². The average Bonchev–Trinajstić information content (AvgIpc) is 2.72. The van der Waals surface area contributed by atoms with Gasteiger partial charge in [-0.15, -0.1) is 0 Å². The van der Waals surface area contributed by atoms with E-state index in [9.17, 15) is 17.8 Å². The van der Waals surface area contributed by atoms with Crippen molar-refractivity contribution in [3.05, 3.63) is 0 Å². The first-order valence-corrected chi connectivity index (χ1v) is 9.94. The van der Waals surface area contributed by atoms with Crippen LogP contribution >= 0.6 is 0 Å². The number of carbonyl (C=O) groups is 1. The molecular weight excluding hydrogens is 302 g/mol. The van der Waals surface area contributed by atoms with Gasteiger partial charge in [0.1, 0.15) is 5.78 Å². The van der Waals surface area contributed by atoms with Gasteiger partial charge in [0.15, 0.2) is 0 Å². The van der Waals surface area contributed by atoms with Crippen molar-refractivity contribution in [2.75, 3.05) is 12.3 Å². The molecule has 0 amide bonds. The van der Waals surface area contributed by atoms with Crippen LogP contribution in [0.15, 0.2) is 0 Å². The predicted octanol–water partition coefficient (Wildman–Crippen LogP) is 1.74. The summed E-state index contributed by atoms with van der Waals surface area (Å²) in [6.07, 6.45) is 7.28. The zero-order valence-electron chi connectivity index (χ0n) is 14.2. The summed E-state index contributed by atoms with van der Waals surface area (Å²) in [6.45, 7) is 7.17. The summed E-state index contributed by atoms with van der Waals surface area (Å²) in [5.74, 6) is -0.280. The zero-order chi connectivity index (χ0) is 17.0. The number of ketones is 1. The molecule has 130 valence electrons. The van der Waals surface area contributed by atoms with Crippen molar-refractivity contribution in [3.63, 3.8) is 0 Å². The van der Waals surface area contributed by atoms with E-state index in [0.717, 1.165) is 13.0 Å². The molecule has 6 heteroatoms. The van der Waals surface area contributed by atoms with E-state index >= 15 is 0 Å². The maximum Gasteiger partial charge on any atom is 0.140 e. The highest BCUT2D eigenvalue weighted by Crippen LogP contribution is 2.64. The predicted molar refractivity (Wildman–Crippen MR) is 85.0 cm³/mol. The van der Waals surface area contributed by atoms with Gasteiger partial charge >= 0.3 is 0 Å². The monoisotopic (exact) mass is 333 g/mol. The van der Waals surface area contributed by atoms with E-state index in [1.807, 2.05) is 13.8 Å². The molecule has 0 heterocycles. The van der Waals surface area contributed by atoms with Crippen LogP contribution in [0.25, 0.3) is 0 Å². The Morgan fingerprint density at radius 1 is 1.27 bits per heavy atom. The molecule has 2 bridgehead atoms. The molecule has 0 radical (unpaired) electrons. The van der Waals surface area contributed by atoms with Crippen molar-refractivity contribution in [1.82, 2.24) is 0 Å². The number of carbonyl (C=O) groups excluding carboxylic acids is 1. The molecule has 2 atom stereocenters. The summed E-state index contributed by atoms with van der Waals surface area (Å²) in [5, 5.41) is 0. The molecule has 2 fully saturated rings. The molecule has 0 aliphatic heterocycles. The van der Waals surface area contributed by atoms with Crippen LogP contribution < -0.4 is 5.73 Å².